The Morgan fingerprint density at radius 3 is 2.70 bits per heavy atom. The largest absolute Gasteiger partial charge is 0.272 e. The van der Waals surface area contributed by atoms with Crippen molar-refractivity contribution in [3.05, 3.63) is 41.6 Å². The van der Waals surface area contributed by atoms with Crippen LogP contribution < -0.4 is 4.72 Å². The minimum atomic E-state index is -4.30. The van der Waals surface area contributed by atoms with E-state index in [9.17, 15) is 17.2 Å². The summed E-state index contributed by atoms with van der Waals surface area (Å²) in [6, 6.07) is 3.82. The molecule has 0 bridgehead atoms. The first-order valence-electron chi connectivity index (χ1n) is 5.25. The van der Waals surface area contributed by atoms with E-state index >= 15 is 0 Å². The SMILES string of the molecule is Cn1cc(C#N)c(NS(=O)(=O)c2ccc(F)cc2F)n1. The van der Waals surface area contributed by atoms with Gasteiger partial charge in [0.2, 0.25) is 0 Å². The van der Waals surface area contributed by atoms with Gasteiger partial charge in [0, 0.05) is 19.3 Å². The van der Waals surface area contributed by atoms with Crippen LogP contribution in [0.5, 0.6) is 0 Å². The lowest BCUT2D eigenvalue weighted by atomic mass is 10.3. The van der Waals surface area contributed by atoms with Crippen LogP contribution in [0.1, 0.15) is 5.56 Å². The van der Waals surface area contributed by atoms with Gasteiger partial charge in [-0.1, -0.05) is 0 Å². The molecule has 1 aromatic heterocycles. The molecule has 0 radical (unpaired) electrons. The summed E-state index contributed by atoms with van der Waals surface area (Å²) in [6.45, 7) is 0. The number of benzene rings is 1. The second-order valence-corrected chi connectivity index (χ2v) is 5.51. The standard InChI is InChI=1S/C11H8F2N4O2S/c1-17-6-7(5-14)11(15-17)16-20(18,19)10-3-2-8(12)4-9(10)13/h2-4,6H,1H3,(H,15,16). The molecule has 6 nitrogen and oxygen atoms in total. The Kier molecular flexibility index (Phi) is 3.42. The Morgan fingerprint density at radius 1 is 1.40 bits per heavy atom. The zero-order valence-corrected chi connectivity index (χ0v) is 10.9. The highest BCUT2D eigenvalue weighted by Crippen LogP contribution is 2.20. The quantitative estimate of drug-likeness (QED) is 0.927. The van der Waals surface area contributed by atoms with Gasteiger partial charge in [-0.25, -0.2) is 17.2 Å². The lowest BCUT2D eigenvalue weighted by molar-refractivity contribution is 0.551. The van der Waals surface area contributed by atoms with Gasteiger partial charge in [-0.3, -0.25) is 9.40 Å². The monoisotopic (exact) mass is 298 g/mol. The van der Waals surface area contributed by atoms with E-state index in [1.165, 1.54) is 17.9 Å². The van der Waals surface area contributed by atoms with Crippen LogP contribution >= 0.6 is 0 Å². The molecule has 0 aliphatic carbocycles. The van der Waals surface area contributed by atoms with Crippen molar-refractivity contribution in [2.45, 2.75) is 4.90 Å². The van der Waals surface area contributed by atoms with Gasteiger partial charge in [0.05, 0.1) is 0 Å². The molecule has 2 rings (SSSR count). The molecule has 0 fully saturated rings. The highest BCUT2D eigenvalue weighted by Gasteiger charge is 2.22. The predicted octanol–water partition coefficient (Wildman–Crippen LogP) is 1.37. The fraction of sp³-hybridized carbons (Fsp3) is 0.0909. The Bertz CT molecular complexity index is 808. The molecule has 1 N–H and O–H groups in total. The summed E-state index contributed by atoms with van der Waals surface area (Å²) >= 11 is 0. The van der Waals surface area contributed by atoms with Crippen molar-refractivity contribution in [3.8, 4) is 6.07 Å². The van der Waals surface area contributed by atoms with Crippen molar-refractivity contribution >= 4 is 15.8 Å². The number of hydrogen-bond donors (Lipinski definition) is 1. The topological polar surface area (TPSA) is 87.8 Å². The number of nitrogens with one attached hydrogen (secondary N) is 1. The number of aromatic nitrogens is 2. The number of sulfonamides is 1. The molecule has 0 saturated heterocycles. The molecule has 1 heterocycles. The normalized spacial score (nSPS) is 11.1. The fourth-order valence-corrected chi connectivity index (χ4v) is 2.60. The second kappa shape index (κ2) is 4.90. The third-order valence-electron chi connectivity index (χ3n) is 2.36. The number of rotatable bonds is 3. The predicted molar refractivity (Wildman–Crippen MR) is 65.1 cm³/mol. The highest BCUT2D eigenvalue weighted by molar-refractivity contribution is 7.92. The first kappa shape index (κ1) is 14.0. The number of halogens is 2. The van der Waals surface area contributed by atoms with Gasteiger partial charge in [-0.15, -0.1) is 0 Å². The Hall–Kier alpha value is -2.47. The number of nitriles is 1. The molecule has 0 unspecified atom stereocenters. The maximum Gasteiger partial charge on any atom is 0.266 e. The van der Waals surface area contributed by atoms with Crippen molar-refractivity contribution < 1.29 is 17.2 Å². The van der Waals surface area contributed by atoms with Crippen molar-refractivity contribution in [1.82, 2.24) is 9.78 Å². The number of hydrogen-bond acceptors (Lipinski definition) is 4. The lowest BCUT2D eigenvalue weighted by Gasteiger charge is -2.06. The summed E-state index contributed by atoms with van der Waals surface area (Å²) in [7, 11) is -2.80. The summed E-state index contributed by atoms with van der Waals surface area (Å²) in [5, 5.41) is 12.6. The number of anilines is 1. The zero-order valence-electron chi connectivity index (χ0n) is 10.1. The Morgan fingerprint density at radius 2 is 2.10 bits per heavy atom. The van der Waals surface area contributed by atoms with Crippen molar-refractivity contribution in [2.24, 2.45) is 7.05 Å². The van der Waals surface area contributed by atoms with E-state index < -0.39 is 26.6 Å². The smallest absolute Gasteiger partial charge is 0.266 e. The molecule has 104 valence electrons. The third kappa shape index (κ3) is 2.60. The van der Waals surface area contributed by atoms with Gasteiger partial charge in [0.15, 0.2) is 5.82 Å². The summed E-state index contributed by atoms with van der Waals surface area (Å²) in [5.74, 6) is -2.34. The van der Waals surface area contributed by atoms with Crippen LogP contribution in [0.15, 0.2) is 29.3 Å². The third-order valence-corrected chi connectivity index (χ3v) is 3.74. The van der Waals surface area contributed by atoms with Gasteiger partial charge in [-0.05, 0) is 12.1 Å². The first-order chi connectivity index (χ1) is 9.33. The van der Waals surface area contributed by atoms with Gasteiger partial charge >= 0.3 is 0 Å². The average Bonchev–Trinajstić information content (AvgIpc) is 2.67. The van der Waals surface area contributed by atoms with Crippen molar-refractivity contribution in [2.75, 3.05) is 4.72 Å². The van der Waals surface area contributed by atoms with Crippen molar-refractivity contribution in [1.29, 1.82) is 5.26 Å². The number of aryl methyl sites for hydroxylation is 1. The second-order valence-electron chi connectivity index (χ2n) is 3.86. The molecule has 0 atom stereocenters. The van der Waals surface area contributed by atoms with Gasteiger partial charge in [0.1, 0.15) is 28.2 Å². The number of nitrogens with zero attached hydrogens (tertiary/aromatic N) is 3. The van der Waals surface area contributed by atoms with Crippen LogP contribution in [0.3, 0.4) is 0 Å². The maximum absolute atomic E-state index is 13.5. The summed E-state index contributed by atoms with van der Waals surface area (Å²) in [4.78, 5) is -0.728. The van der Waals surface area contributed by atoms with Crippen LogP contribution in [0.25, 0.3) is 0 Å². The van der Waals surface area contributed by atoms with E-state index in [1.807, 2.05) is 4.72 Å². The van der Waals surface area contributed by atoms with Crippen molar-refractivity contribution in [3.63, 3.8) is 0 Å². The van der Waals surface area contributed by atoms with E-state index in [-0.39, 0.29) is 11.4 Å². The molecule has 0 aliphatic heterocycles. The molecule has 0 saturated carbocycles. The molecule has 20 heavy (non-hydrogen) atoms. The molecule has 0 amide bonds. The first-order valence-corrected chi connectivity index (χ1v) is 6.73. The zero-order chi connectivity index (χ0) is 14.9. The summed E-state index contributed by atoms with van der Waals surface area (Å²) in [6.07, 6.45) is 1.30. The summed E-state index contributed by atoms with van der Waals surface area (Å²) in [5.41, 5.74) is -0.0152. The highest BCUT2D eigenvalue weighted by atomic mass is 32.2. The van der Waals surface area contributed by atoms with E-state index in [4.69, 9.17) is 5.26 Å². The Labute approximate surface area is 113 Å². The van der Waals surface area contributed by atoms with E-state index in [1.54, 1.807) is 6.07 Å². The van der Waals surface area contributed by atoms with Crippen LogP contribution in [-0.2, 0) is 17.1 Å². The molecule has 2 aromatic rings. The molecular formula is C11H8F2N4O2S. The lowest BCUT2D eigenvalue weighted by Crippen LogP contribution is -2.16. The molecular weight excluding hydrogens is 290 g/mol. The molecule has 9 heteroatoms. The molecule has 0 spiro atoms. The molecule has 0 aliphatic rings. The van der Waals surface area contributed by atoms with Crippen LogP contribution in [0, 0.1) is 23.0 Å². The van der Waals surface area contributed by atoms with Gasteiger partial charge < -0.3 is 0 Å². The minimum absolute atomic E-state index is 0.0152. The van der Waals surface area contributed by atoms with Crippen LogP contribution in [0.4, 0.5) is 14.6 Å². The van der Waals surface area contributed by atoms with E-state index in [2.05, 4.69) is 5.10 Å². The fourth-order valence-electron chi connectivity index (χ4n) is 1.52. The van der Waals surface area contributed by atoms with E-state index in [0.29, 0.717) is 6.07 Å². The van der Waals surface area contributed by atoms with Crippen LogP contribution in [-0.4, -0.2) is 18.2 Å². The average molecular weight is 298 g/mol. The summed E-state index contributed by atoms with van der Waals surface area (Å²) < 4.78 is 53.4. The van der Waals surface area contributed by atoms with Gasteiger partial charge in [-0.2, -0.15) is 10.4 Å². The minimum Gasteiger partial charge on any atom is -0.272 e. The molecule has 1 aromatic carbocycles. The van der Waals surface area contributed by atoms with Crippen LogP contribution in [0.2, 0.25) is 0 Å². The maximum atomic E-state index is 13.5. The van der Waals surface area contributed by atoms with E-state index in [0.717, 1.165) is 12.1 Å². The van der Waals surface area contributed by atoms with Gasteiger partial charge in [0.25, 0.3) is 10.0 Å². The Balaban J connectivity index is 2.44.